The zero-order valence-electron chi connectivity index (χ0n) is 15.4. The van der Waals surface area contributed by atoms with E-state index in [4.69, 9.17) is 28.8 Å². The Hall–Kier alpha value is -3.07. The molecule has 6 nitrogen and oxygen atoms in total. The SMILES string of the molecule is COc1cc(C2OC=CO2)ccc1OCc1cccc(OCCO)c1C(F)(F)F. The highest BCUT2D eigenvalue weighted by atomic mass is 19.4. The van der Waals surface area contributed by atoms with Gasteiger partial charge in [0.1, 0.15) is 37.1 Å². The molecule has 0 aliphatic carbocycles. The lowest BCUT2D eigenvalue weighted by atomic mass is 10.1. The lowest BCUT2D eigenvalue weighted by molar-refractivity contribution is -0.140. The van der Waals surface area contributed by atoms with Crippen molar-refractivity contribution < 1.29 is 42.0 Å². The lowest BCUT2D eigenvalue weighted by Gasteiger charge is -2.19. The van der Waals surface area contributed by atoms with Crippen LogP contribution in [0.4, 0.5) is 13.2 Å². The van der Waals surface area contributed by atoms with Crippen LogP contribution in [-0.4, -0.2) is 25.4 Å². The molecule has 1 N–H and O–H groups in total. The predicted octanol–water partition coefficient (Wildman–Crippen LogP) is 4.18. The van der Waals surface area contributed by atoms with Crippen LogP contribution in [0.15, 0.2) is 48.9 Å². The molecule has 1 aliphatic rings. The van der Waals surface area contributed by atoms with Crippen LogP contribution < -0.4 is 14.2 Å². The van der Waals surface area contributed by atoms with Gasteiger partial charge in [0.15, 0.2) is 11.5 Å². The smallest absolute Gasteiger partial charge is 0.420 e. The van der Waals surface area contributed by atoms with Crippen LogP contribution in [0.25, 0.3) is 0 Å². The number of ether oxygens (including phenoxy) is 5. The highest BCUT2D eigenvalue weighted by molar-refractivity contribution is 5.45. The van der Waals surface area contributed by atoms with Gasteiger partial charge in [0.25, 0.3) is 6.29 Å². The molecule has 156 valence electrons. The second-order valence-corrected chi connectivity index (χ2v) is 5.94. The highest BCUT2D eigenvalue weighted by Crippen LogP contribution is 2.40. The van der Waals surface area contributed by atoms with Gasteiger partial charge in [0.05, 0.1) is 13.7 Å². The minimum absolute atomic E-state index is 0.106. The van der Waals surface area contributed by atoms with Gasteiger partial charge >= 0.3 is 6.18 Å². The van der Waals surface area contributed by atoms with E-state index in [1.807, 2.05) is 0 Å². The number of aliphatic hydroxyl groups is 1. The average Bonchev–Trinajstić information content (AvgIpc) is 3.24. The van der Waals surface area contributed by atoms with Gasteiger partial charge < -0.3 is 28.8 Å². The number of methoxy groups -OCH3 is 1. The maximum atomic E-state index is 13.6. The molecule has 3 rings (SSSR count). The Morgan fingerprint density at radius 2 is 1.76 bits per heavy atom. The summed E-state index contributed by atoms with van der Waals surface area (Å²) in [6.07, 6.45) is -2.45. The van der Waals surface area contributed by atoms with Gasteiger partial charge in [-0.2, -0.15) is 13.2 Å². The minimum atomic E-state index is -4.65. The molecule has 0 aromatic heterocycles. The normalized spacial score (nSPS) is 13.7. The predicted molar refractivity (Wildman–Crippen MR) is 95.4 cm³/mol. The summed E-state index contributed by atoms with van der Waals surface area (Å²) < 4.78 is 67.1. The summed E-state index contributed by atoms with van der Waals surface area (Å²) in [7, 11) is 1.42. The third kappa shape index (κ3) is 4.86. The number of alkyl halides is 3. The van der Waals surface area contributed by atoms with Gasteiger partial charge in [-0.3, -0.25) is 0 Å². The van der Waals surface area contributed by atoms with Crippen LogP contribution in [0.1, 0.15) is 23.0 Å². The van der Waals surface area contributed by atoms with Gasteiger partial charge in [-0.15, -0.1) is 0 Å². The molecule has 0 amide bonds. The number of benzene rings is 2. The van der Waals surface area contributed by atoms with Crippen molar-refractivity contribution in [3.63, 3.8) is 0 Å². The van der Waals surface area contributed by atoms with Crippen molar-refractivity contribution in [2.24, 2.45) is 0 Å². The first-order valence-corrected chi connectivity index (χ1v) is 8.63. The molecular formula is C20H19F3O6. The van der Waals surface area contributed by atoms with Crippen molar-refractivity contribution in [2.75, 3.05) is 20.3 Å². The maximum absolute atomic E-state index is 13.6. The first-order valence-electron chi connectivity index (χ1n) is 8.63. The Morgan fingerprint density at radius 3 is 2.41 bits per heavy atom. The Kier molecular flexibility index (Phi) is 6.38. The molecule has 0 fully saturated rings. The average molecular weight is 412 g/mol. The zero-order chi connectivity index (χ0) is 20.9. The summed E-state index contributed by atoms with van der Waals surface area (Å²) in [5.74, 6) is 0.220. The fraction of sp³-hybridized carbons (Fsp3) is 0.300. The Labute approximate surface area is 165 Å². The van der Waals surface area contributed by atoms with E-state index in [0.717, 1.165) is 0 Å². The van der Waals surface area contributed by atoms with Crippen LogP contribution >= 0.6 is 0 Å². The van der Waals surface area contributed by atoms with E-state index in [-0.39, 0.29) is 30.3 Å². The van der Waals surface area contributed by atoms with E-state index in [2.05, 4.69) is 0 Å². The molecule has 0 bridgehead atoms. The standard InChI is InChI=1S/C20H19F3O6/c1-25-17-11-13(19-27-9-10-28-19)5-6-15(17)29-12-14-3-2-4-16(26-8-7-24)18(14)20(21,22)23/h2-6,9-11,19,24H,7-8,12H2,1H3. The van der Waals surface area contributed by atoms with Gasteiger partial charge in [0, 0.05) is 11.1 Å². The molecule has 0 saturated carbocycles. The van der Waals surface area contributed by atoms with Gasteiger partial charge in [-0.05, 0) is 24.3 Å². The number of rotatable bonds is 8. The van der Waals surface area contributed by atoms with Crippen LogP contribution in [0.5, 0.6) is 17.2 Å². The largest absolute Gasteiger partial charge is 0.493 e. The van der Waals surface area contributed by atoms with Crippen LogP contribution in [0.3, 0.4) is 0 Å². The molecule has 1 heterocycles. The molecule has 1 aliphatic heterocycles. The summed E-state index contributed by atoms with van der Waals surface area (Å²) in [6.45, 7) is -1.01. The quantitative estimate of drug-likeness (QED) is 0.702. The van der Waals surface area contributed by atoms with Gasteiger partial charge in [-0.25, -0.2) is 0 Å². The van der Waals surface area contributed by atoms with Crippen molar-refractivity contribution in [3.05, 3.63) is 65.6 Å². The topological polar surface area (TPSA) is 66.4 Å². The van der Waals surface area contributed by atoms with Crippen LogP contribution in [0, 0.1) is 0 Å². The van der Waals surface area contributed by atoms with E-state index in [1.54, 1.807) is 18.2 Å². The second kappa shape index (κ2) is 8.95. The van der Waals surface area contributed by atoms with Crippen molar-refractivity contribution in [3.8, 4) is 17.2 Å². The summed E-state index contributed by atoms with van der Waals surface area (Å²) >= 11 is 0. The monoisotopic (exact) mass is 412 g/mol. The first kappa shape index (κ1) is 20.7. The lowest BCUT2D eigenvalue weighted by Crippen LogP contribution is -2.15. The minimum Gasteiger partial charge on any atom is -0.493 e. The first-order chi connectivity index (χ1) is 13.9. The van der Waals surface area contributed by atoms with Gasteiger partial charge in [0.2, 0.25) is 0 Å². The second-order valence-electron chi connectivity index (χ2n) is 5.94. The van der Waals surface area contributed by atoms with E-state index < -0.39 is 24.6 Å². The molecule has 0 unspecified atom stereocenters. The van der Waals surface area contributed by atoms with Crippen molar-refractivity contribution in [1.29, 1.82) is 0 Å². The fourth-order valence-electron chi connectivity index (χ4n) is 2.80. The van der Waals surface area contributed by atoms with E-state index >= 15 is 0 Å². The molecule has 0 saturated heterocycles. The molecule has 0 atom stereocenters. The molecule has 9 heteroatoms. The Bertz CT molecular complexity index is 858. The van der Waals surface area contributed by atoms with E-state index in [0.29, 0.717) is 11.3 Å². The number of hydrogen-bond donors (Lipinski definition) is 1. The molecule has 2 aromatic rings. The molecule has 29 heavy (non-hydrogen) atoms. The number of halogens is 3. The molecule has 0 radical (unpaired) electrons. The fourth-order valence-corrected chi connectivity index (χ4v) is 2.80. The zero-order valence-corrected chi connectivity index (χ0v) is 15.4. The van der Waals surface area contributed by atoms with E-state index in [1.165, 1.54) is 37.8 Å². The third-order valence-corrected chi connectivity index (χ3v) is 4.05. The summed E-state index contributed by atoms with van der Waals surface area (Å²) in [5.41, 5.74) is -0.386. The summed E-state index contributed by atoms with van der Waals surface area (Å²) in [6, 6.07) is 8.80. The van der Waals surface area contributed by atoms with Crippen molar-refractivity contribution in [1.82, 2.24) is 0 Å². The molecule has 0 spiro atoms. The third-order valence-electron chi connectivity index (χ3n) is 4.05. The molecular weight excluding hydrogens is 393 g/mol. The number of aliphatic hydroxyl groups excluding tert-OH is 1. The van der Waals surface area contributed by atoms with Crippen molar-refractivity contribution >= 4 is 0 Å². The maximum Gasteiger partial charge on any atom is 0.420 e. The van der Waals surface area contributed by atoms with E-state index in [9.17, 15) is 13.2 Å². The summed E-state index contributed by atoms with van der Waals surface area (Å²) in [5, 5.41) is 8.83. The van der Waals surface area contributed by atoms with Crippen LogP contribution in [0.2, 0.25) is 0 Å². The van der Waals surface area contributed by atoms with Crippen molar-refractivity contribution in [2.45, 2.75) is 19.1 Å². The Balaban J connectivity index is 1.82. The summed E-state index contributed by atoms with van der Waals surface area (Å²) in [4.78, 5) is 0. The highest BCUT2D eigenvalue weighted by Gasteiger charge is 2.37. The van der Waals surface area contributed by atoms with Crippen LogP contribution in [-0.2, 0) is 22.3 Å². The molecule has 2 aromatic carbocycles. The Morgan fingerprint density at radius 1 is 1.00 bits per heavy atom. The number of hydrogen-bond acceptors (Lipinski definition) is 6. The van der Waals surface area contributed by atoms with Gasteiger partial charge in [-0.1, -0.05) is 12.1 Å².